The van der Waals surface area contributed by atoms with Gasteiger partial charge in [0.2, 0.25) is 5.91 Å². The lowest BCUT2D eigenvalue weighted by molar-refractivity contribution is -0.130. The summed E-state index contributed by atoms with van der Waals surface area (Å²) in [6.07, 6.45) is 10.8. The maximum atomic E-state index is 11.9. The molecule has 0 aromatic heterocycles. The largest absolute Gasteiger partial charge is 0.338 e. The molecule has 0 bridgehead atoms. The molecular formula is C13H19NOS. The maximum Gasteiger partial charge on any atom is 0.223 e. The third-order valence-corrected chi connectivity index (χ3v) is 3.86. The van der Waals surface area contributed by atoms with Crippen molar-refractivity contribution in [1.82, 2.24) is 4.90 Å². The van der Waals surface area contributed by atoms with E-state index in [1.165, 1.54) is 17.6 Å². The molecule has 1 fully saturated rings. The van der Waals surface area contributed by atoms with Crippen LogP contribution < -0.4 is 0 Å². The Labute approximate surface area is 102 Å². The number of hydrogen-bond acceptors (Lipinski definition) is 2. The molecule has 2 nitrogen and oxygen atoms in total. The molecular weight excluding hydrogens is 218 g/mol. The second-order valence-electron chi connectivity index (χ2n) is 4.34. The number of rotatable bonds is 3. The molecule has 2 rings (SSSR count). The first-order chi connectivity index (χ1) is 7.81. The normalized spacial score (nSPS) is 19.9. The molecule has 0 aromatic rings. The van der Waals surface area contributed by atoms with Crippen molar-refractivity contribution in [2.24, 2.45) is 0 Å². The molecule has 2 aliphatic rings. The summed E-state index contributed by atoms with van der Waals surface area (Å²) in [7, 11) is 0. The van der Waals surface area contributed by atoms with E-state index in [0.29, 0.717) is 12.3 Å². The van der Waals surface area contributed by atoms with E-state index in [-0.39, 0.29) is 0 Å². The van der Waals surface area contributed by atoms with Gasteiger partial charge in [0.05, 0.1) is 0 Å². The number of carbonyl (C=O) groups excluding carboxylic acids is 1. The van der Waals surface area contributed by atoms with E-state index >= 15 is 0 Å². The third-order valence-electron chi connectivity index (χ3n) is 3.25. The number of piperidine rings is 1. The first kappa shape index (κ1) is 11.8. The van der Waals surface area contributed by atoms with E-state index in [1.54, 1.807) is 11.8 Å². The third kappa shape index (κ3) is 2.70. The molecule has 1 heterocycles. The Morgan fingerprint density at radius 2 is 2.12 bits per heavy atom. The van der Waals surface area contributed by atoms with Gasteiger partial charge in [-0.15, -0.1) is 0 Å². The van der Waals surface area contributed by atoms with Crippen molar-refractivity contribution in [2.45, 2.75) is 25.7 Å². The Morgan fingerprint density at radius 3 is 2.88 bits per heavy atom. The fourth-order valence-corrected chi connectivity index (χ4v) is 2.69. The first-order valence-corrected chi connectivity index (χ1v) is 7.36. The number of allylic oxidation sites excluding steroid dienone is 2. The number of thioether (sulfide) groups is 1. The minimum absolute atomic E-state index is 0.319. The zero-order valence-corrected chi connectivity index (χ0v) is 10.7. The molecule has 0 atom stereocenters. The van der Waals surface area contributed by atoms with E-state index < -0.39 is 0 Å². The molecule has 0 unspecified atom stereocenters. The quantitative estimate of drug-likeness (QED) is 0.752. The molecule has 0 spiro atoms. The number of likely N-dealkylation sites (tertiary alicyclic amines) is 1. The summed E-state index contributed by atoms with van der Waals surface area (Å²) in [5.41, 5.74) is 2.88. The fourth-order valence-electron chi connectivity index (χ4n) is 2.31. The average Bonchev–Trinajstić information content (AvgIpc) is 2.35. The second kappa shape index (κ2) is 5.58. The van der Waals surface area contributed by atoms with Crippen molar-refractivity contribution in [1.29, 1.82) is 0 Å². The van der Waals surface area contributed by atoms with Crippen LogP contribution in [0.2, 0.25) is 0 Å². The van der Waals surface area contributed by atoms with E-state index in [1.807, 2.05) is 11.2 Å². The van der Waals surface area contributed by atoms with Gasteiger partial charge in [0.1, 0.15) is 0 Å². The molecule has 88 valence electrons. The molecule has 3 heteroatoms. The average molecular weight is 237 g/mol. The first-order valence-electron chi connectivity index (χ1n) is 5.96. The number of nitrogens with zero attached hydrogens (tertiary/aromatic N) is 1. The summed E-state index contributed by atoms with van der Waals surface area (Å²) < 4.78 is 0. The Kier molecular flexibility index (Phi) is 4.10. The Morgan fingerprint density at radius 1 is 1.38 bits per heavy atom. The fraction of sp³-hybridized carbons (Fsp3) is 0.615. The highest BCUT2D eigenvalue weighted by Gasteiger charge is 2.22. The van der Waals surface area contributed by atoms with Crippen LogP contribution in [0.1, 0.15) is 25.7 Å². The van der Waals surface area contributed by atoms with Gasteiger partial charge in [-0.3, -0.25) is 4.79 Å². The van der Waals surface area contributed by atoms with Gasteiger partial charge in [-0.1, -0.05) is 12.2 Å². The Balaban J connectivity index is 1.92. The molecule has 1 aliphatic carbocycles. The number of amides is 1. The maximum absolute atomic E-state index is 11.9. The van der Waals surface area contributed by atoms with Gasteiger partial charge in [-0.25, -0.2) is 0 Å². The molecule has 1 aliphatic heterocycles. The van der Waals surface area contributed by atoms with Crippen LogP contribution in [0.15, 0.2) is 23.3 Å². The lowest BCUT2D eigenvalue weighted by Gasteiger charge is -2.32. The van der Waals surface area contributed by atoms with Gasteiger partial charge < -0.3 is 4.90 Å². The van der Waals surface area contributed by atoms with Crippen molar-refractivity contribution >= 4 is 17.7 Å². The van der Waals surface area contributed by atoms with Gasteiger partial charge in [-0.05, 0) is 36.7 Å². The van der Waals surface area contributed by atoms with E-state index in [4.69, 9.17) is 0 Å². The Bertz CT molecular complexity index is 333. The van der Waals surface area contributed by atoms with Gasteiger partial charge in [0.25, 0.3) is 0 Å². The molecule has 1 amide bonds. The van der Waals surface area contributed by atoms with Crippen LogP contribution in [0, 0.1) is 0 Å². The van der Waals surface area contributed by atoms with Crippen LogP contribution in [0.4, 0.5) is 0 Å². The highest BCUT2D eigenvalue weighted by molar-refractivity contribution is 7.98. The summed E-state index contributed by atoms with van der Waals surface area (Å²) in [5.74, 6) is 1.26. The molecule has 1 saturated heterocycles. The highest BCUT2D eigenvalue weighted by Crippen LogP contribution is 2.27. The van der Waals surface area contributed by atoms with Crippen LogP contribution in [-0.2, 0) is 4.79 Å². The molecule has 16 heavy (non-hydrogen) atoms. The SMILES string of the molecule is CSCCC(=O)N1CCC2=CCCC=C2C1. The number of carbonyl (C=O) groups is 1. The Hall–Kier alpha value is -0.700. The van der Waals surface area contributed by atoms with Crippen molar-refractivity contribution < 1.29 is 4.79 Å². The zero-order valence-electron chi connectivity index (χ0n) is 9.87. The van der Waals surface area contributed by atoms with Crippen LogP contribution >= 0.6 is 11.8 Å². The van der Waals surface area contributed by atoms with Crippen LogP contribution in [0.3, 0.4) is 0 Å². The van der Waals surface area contributed by atoms with Gasteiger partial charge in [0, 0.05) is 25.3 Å². The van der Waals surface area contributed by atoms with Crippen molar-refractivity contribution in [3.8, 4) is 0 Å². The monoisotopic (exact) mass is 237 g/mol. The predicted molar refractivity (Wildman–Crippen MR) is 69.6 cm³/mol. The lowest BCUT2D eigenvalue weighted by Crippen LogP contribution is -2.38. The van der Waals surface area contributed by atoms with Crippen molar-refractivity contribution in [2.75, 3.05) is 25.1 Å². The van der Waals surface area contributed by atoms with E-state index in [2.05, 4.69) is 12.2 Å². The van der Waals surface area contributed by atoms with Crippen LogP contribution in [0.5, 0.6) is 0 Å². The summed E-state index contributed by atoms with van der Waals surface area (Å²) in [6.45, 7) is 1.76. The number of fused-ring (bicyclic) bond motifs is 1. The summed E-state index contributed by atoms with van der Waals surface area (Å²) in [4.78, 5) is 13.9. The van der Waals surface area contributed by atoms with Crippen molar-refractivity contribution in [3.63, 3.8) is 0 Å². The van der Waals surface area contributed by atoms with Gasteiger partial charge >= 0.3 is 0 Å². The minimum atomic E-state index is 0.319. The van der Waals surface area contributed by atoms with Crippen LogP contribution in [-0.4, -0.2) is 35.9 Å². The van der Waals surface area contributed by atoms with E-state index in [9.17, 15) is 4.79 Å². The lowest BCUT2D eigenvalue weighted by atomic mass is 9.91. The molecule has 0 saturated carbocycles. The zero-order chi connectivity index (χ0) is 11.4. The highest BCUT2D eigenvalue weighted by atomic mass is 32.2. The van der Waals surface area contributed by atoms with Crippen LogP contribution in [0.25, 0.3) is 0 Å². The van der Waals surface area contributed by atoms with Crippen molar-refractivity contribution in [3.05, 3.63) is 23.3 Å². The molecule has 0 radical (unpaired) electrons. The standard InChI is InChI=1S/C13H19NOS/c1-16-9-7-13(15)14-8-6-11-4-2-3-5-12(11)10-14/h4-5H,2-3,6-10H2,1H3. The minimum Gasteiger partial charge on any atom is -0.338 e. The summed E-state index contributed by atoms with van der Waals surface area (Å²) in [5, 5.41) is 0. The summed E-state index contributed by atoms with van der Waals surface area (Å²) in [6, 6.07) is 0. The second-order valence-corrected chi connectivity index (χ2v) is 5.33. The molecule has 0 N–H and O–H groups in total. The number of hydrogen-bond donors (Lipinski definition) is 0. The van der Waals surface area contributed by atoms with E-state index in [0.717, 1.165) is 31.7 Å². The predicted octanol–water partition coefficient (Wildman–Crippen LogP) is 2.62. The van der Waals surface area contributed by atoms with Gasteiger partial charge in [0.15, 0.2) is 0 Å². The molecule has 0 aromatic carbocycles. The smallest absolute Gasteiger partial charge is 0.223 e. The van der Waals surface area contributed by atoms with Gasteiger partial charge in [-0.2, -0.15) is 11.8 Å². The summed E-state index contributed by atoms with van der Waals surface area (Å²) >= 11 is 1.74. The topological polar surface area (TPSA) is 20.3 Å².